The van der Waals surface area contributed by atoms with Gasteiger partial charge in [-0.05, 0) is 81.9 Å². The number of carbonyl (C=O) groups excluding carboxylic acids is 1. The van der Waals surface area contributed by atoms with E-state index in [9.17, 15) is 4.79 Å². The number of hydrogen-bond donors (Lipinski definition) is 2. The van der Waals surface area contributed by atoms with Crippen molar-refractivity contribution in [3.05, 3.63) is 42.5 Å². The molecule has 0 aromatic heterocycles. The van der Waals surface area contributed by atoms with E-state index in [1.54, 1.807) is 0 Å². The van der Waals surface area contributed by atoms with E-state index in [1.807, 2.05) is 37.3 Å². The van der Waals surface area contributed by atoms with Crippen LogP contribution in [-0.4, -0.2) is 29.8 Å². The molecule has 1 aliphatic heterocycles. The van der Waals surface area contributed by atoms with Crippen molar-refractivity contribution in [2.45, 2.75) is 108 Å². The Morgan fingerprint density at radius 1 is 1.24 bits per heavy atom. The molecular weight excluding hydrogens is 432 g/mol. The first-order valence-corrected chi connectivity index (χ1v) is 12.9. The maximum absolute atomic E-state index is 12.3. The Hall–Kier alpha value is -1.93. The van der Waals surface area contributed by atoms with Gasteiger partial charge in [0, 0.05) is 30.8 Å². The molecule has 1 spiro atoms. The molecule has 2 saturated carbocycles. The van der Waals surface area contributed by atoms with E-state index < -0.39 is 17.7 Å². The topological polar surface area (TPSA) is 92.0 Å². The van der Waals surface area contributed by atoms with Crippen molar-refractivity contribution in [1.82, 2.24) is 5.32 Å². The van der Waals surface area contributed by atoms with Crippen molar-refractivity contribution in [3.8, 4) is 5.75 Å². The third-order valence-corrected chi connectivity index (χ3v) is 7.76. The number of hydrogen-bond acceptors (Lipinski definition) is 6. The Morgan fingerprint density at radius 2 is 1.97 bits per heavy atom. The van der Waals surface area contributed by atoms with Gasteiger partial charge in [0.1, 0.15) is 5.75 Å². The molecule has 3 fully saturated rings. The summed E-state index contributed by atoms with van der Waals surface area (Å²) in [4.78, 5) is 24.0. The zero-order valence-electron chi connectivity index (χ0n) is 20.6. The van der Waals surface area contributed by atoms with Crippen molar-refractivity contribution in [3.63, 3.8) is 0 Å². The predicted molar refractivity (Wildman–Crippen MR) is 130 cm³/mol. The van der Waals surface area contributed by atoms with Crippen LogP contribution in [0.1, 0.15) is 89.5 Å². The van der Waals surface area contributed by atoms with Crippen LogP contribution >= 0.6 is 0 Å². The Balaban J connectivity index is 1.33. The minimum absolute atomic E-state index is 0.142. The predicted octanol–water partition coefficient (Wildman–Crippen LogP) is 5.70. The Morgan fingerprint density at radius 3 is 2.65 bits per heavy atom. The zero-order chi connectivity index (χ0) is 24.2. The van der Waals surface area contributed by atoms with Crippen molar-refractivity contribution < 1.29 is 24.0 Å². The van der Waals surface area contributed by atoms with E-state index in [0.717, 1.165) is 64.2 Å². The van der Waals surface area contributed by atoms with Crippen LogP contribution in [0.4, 0.5) is 4.79 Å². The van der Waals surface area contributed by atoms with Gasteiger partial charge < -0.3 is 20.5 Å². The summed E-state index contributed by atoms with van der Waals surface area (Å²) in [5.74, 6) is -0.465. The fourth-order valence-corrected chi connectivity index (χ4v) is 5.69. The number of rotatable bonds is 7. The summed E-state index contributed by atoms with van der Waals surface area (Å²) in [6.07, 6.45) is 10.5. The lowest BCUT2D eigenvalue weighted by atomic mass is 9.80. The highest BCUT2D eigenvalue weighted by Gasteiger charge is 2.55. The van der Waals surface area contributed by atoms with Crippen molar-refractivity contribution in [2.75, 3.05) is 0 Å². The summed E-state index contributed by atoms with van der Waals surface area (Å²) in [5, 5.41) is 2.96. The first kappa shape index (κ1) is 25.2. The fourth-order valence-electron chi connectivity index (χ4n) is 5.69. The Labute approximate surface area is 203 Å². The summed E-state index contributed by atoms with van der Waals surface area (Å²) < 4.78 is 12.0. The van der Waals surface area contributed by atoms with Gasteiger partial charge in [-0.2, -0.15) is 9.78 Å². The lowest BCUT2D eigenvalue weighted by Gasteiger charge is -2.37. The molecule has 1 aromatic rings. The van der Waals surface area contributed by atoms with Crippen LogP contribution in [0.3, 0.4) is 0 Å². The van der Waals surface area contributed by atoms with E-state index in [2.05, 4.69) is 18.8 Å². The van der Waals surface area contributed by atoms with Gasteiger partial charge in [0.25, 0.3) is 0 Å². The van der Waals surface area contributed by atoms with Gasteiger partial charge in [-0.25, -0.2) is 4.79 Å². The maximum atomic E-state index is 12.3. The van der Waals surface area contributed by atoms with E-state index in [-0.39, 0.29) is 23.9 Å². The van der Waals surface area contributed by atoms with Crippen molar-refractivity contribution in [1.29, 1.82) is 0 Å². The van der Waals surface area contributed by atoms with Crippen LogP contribution in [0.25, 0.3) is 0 Å². The number of nitrogens with one attached hydrogen (secondary N) is 1. The van der Waals surface area contributed by atoms with Crippen LogP contribution in [0, 0.1) is 5.92 Å². The molecule has 0 radical (unpaired) electrons. The Bertz CT molecular complexity index is 838. The third-order valence-electron chi connectivity index (χ3n) is 7.76. The van der Waals surface area contributed by atoms with E-state index >= 15 is 0 Å². The summed E-state index contributed by atoms with van der Waals surface area (Å²) in [7, 11) is 0. The molecule has 2 aliphatic carbocycles. The van der Waals surface area contributed by atoms with Gasteiger partial charge in [-0.1, -0.05) is 25.1 Å². The minimum atomic E-state index is -0.765. The number of benzene rings is 1. The lowest BCUT2D eigenvalue weighted by molar-refractivity contribution is -0.359. The average Bonchev–Trinajstić information content (AvgIpc) is 3.15. The molecule has 0 bridgehead atoms. The van der Waals surface area contributed by atoms with E-state index in [1.165, 1.54) is 5.56 Å². The number of amides is 1. The molecule has 1 heterocycles. The molecule has 7 heteroatoms. The van der Waals surface area contributed by atoms with Crippen LogP contribution in [0.15, 0.2) is 36.9 Å². The average molecular weight is 473 g/mol. The Kier molecular flexibility index (Phi) is 7.97. The molecule has 7 nitrogen and oxygen atoms in total. The van der Waals surface area contributed by atoms with E-state index in [4.69, 9.17) is 25.0 Å². The molecule has 188 valence electrons. The van der Waals surface area contributed by atoms with Gasteiger partial charge in [0.05, 0.1) is 0 Å². The fraction of sp³-hybridized carbons (Fsp3) is 0.667. The molecule has 3 N–H and O–H groups in total. The molecule has 34 heavy (non-hydrogen) atoms. The summed E-state index contributed by atoms with van der Waals surface area (Å²) in [6.45, 7) is 7.98. The monoisotopic (exact) mass is 472 g/mol. The molecule has 1 saturated heterocycles. The number of carbonyl (C=O) groups is 1. The van der Waals surface area contributed by atoms with Gasteiger partial charge in [-0.15, -0.1) is 6.58 Å². The largest absolute Gasteiger partial charge is 0.412 e. The second-order valence-electron chi connectivity index (χ2n) is 10.3. The molecule has 1 aromatic carbocycles. The summed E-state index contributed by atoms with van der Waals surface area (Å²) in [6, 6.07) is 8.19. The highest BCUT2D eigenvalue weighted by molar-refractivity contribution is 5.70. The first-order chi connectivity index (χ1) is 16.3. The smallest absolute Gasteiger partial charge is 0.410 e. The lowest BCUT2D eigenvalue weighted by Crippen LogP contribution is -2.42. The first-order valence-electron chi connectivity index (χ1n) is 12.9. The minimum Gasteiger partial charge on any atom is -0.410 e. The number of allylic oxidation sites excluding steroid dienone is 1. The van der Waals surface area contributed by atoms with Crippen LogP contribution in [0.5, 0.6) is 5.75 Å². The van der Waals surface area contributed by atoms with Crippen LogP contribution in [-0.2, 0) is 14.5 Å². The number of ether oxygens (including phenoxy) is 2. The highest BCUT2D eigenvalue weighted by atomic mass is 17.3. The van der Waals surface area contributed by atoms with Gasteiger partial charge in [0.2, 0.25) is 11.6 Å². The molecule has 1 amide bonds. The second kappa shape index (κ2) is 10.8. The number of nitrogens with two attached hydrogens (primary N) is 1. The normalized spacial score (nSPS) is 34.5. The molecule has 3 aliphatic rings. The SMILES string of the molecule is C=CCC(CC)[C@@]1(C)OO[C@@]2(CCC[C@@H](c3ccc(OC(=O)N[C@H]4CC[C@H](N)CC4)cc3)C2)O1. The molecule has 1 unspecified atom stereocenters. The van der Waals surface area contributed by atoms with Gasteiger partial charge in [0.15, 0.2) is 0 Å². The zero-order valence-corrected chi connectivity index (χ0v) is 20.6. The van der Waals surface area contributed by atoms with Crippen LogP contribution < -0.4 is 15.8 Å². The third kappa shape index (κ3) is 5.82. The van der Waals surface area contributed by atoms with Crippen molar-refractivity contribution >= 4 is 6.09 Å². The molecular formula is C27H40N2O5. The summed E-state index contributed by atoms with van der Waals surface area (Å²) >= 11 is 0. The van der Waals surface area contributed by atoms with Crippen LogP contribution in [0.2, 0.25) is 0 Å². The molecule has 4 rings (SSSR count). The quantitative estimate of drug-likeness (QED) is 0.391. The van der Waals surface area contributed by atoms with E-state index in [0.29, 0.717) is 5.75 Å². The summed E-state index contributed by atoms with van der Waals surface area (Å²) in [5.41, 5.74) is 7.13. The maximum Gasteiger partial charge on any atom is 0.412 e. The molecule has 4 atom stereocenters. The standard InChI is InChI=1S/C27H40N2O5/c1-4-7-21(5-2)26(3)32-27(34-33-26)17-6-8-20(18-27)19-9-15-24(16-10-19)31-25(30)29-23-13-11-22(28)12-14-23/h4,9-10,15-16,20-23H,1,5-8,11-14,17-18,28H2,2-3H3,(H,29,30)/t20-,21?,22-,23-,26-,27-/m1/s1. The van der Waals surface area contributed by atoms with Gasteiger partial charge >= 0.3 is 6.09 Å². The van der Waals surface area contributed by atoms with Gasteiger partial charge in [-0.3, -0.25) is 0 Å². The van der Waals surface area contributed by atoms with Crippen molar-refractivity contribution in [2.24, 2.45) is 11.7 Å². The highest BCUT2D eigenvalue weighted by Crippen LogP contribution is 2.50. The second-order valence-corrected chi connectivity index (χ2v) is 10.3.